The van der Waals surface area contributed by atoms with Crippen molar-refractivity contribution in [3.8, 4) is 0 Å². The summed E-state index contributed by atoms with van der Waals surface area (Å²) in [6, 6.07) is 0. The van der Waals surface area contributed by atoms with Crippen molar-refractivity contribution in [3.63, 3.8) is 0 Å². The van der Waals surface area contributed by atoms with Gasteiger partial charge in [-0.15, -0.1) is 0 Å². The standard InChI is InChI=1S/C11H23O2P/c1-3-4-10-14(2,12)13-11-8-6-5-7-9-11/h11H,3-10H2,1-2H3. The van der Waals surface area contributed by atoms with Crippen molar-refractivity contribution >= 4 is 7.37 Å². The Kier molecular flexibility index (Phi) is 5.19. The van der Waals surface area contributed by atoms with E-state index in [1.165, 1.54) is 19.3 Å². The highest BCUT2D eigenvalue weighted by Crippen LogP contribution is 2.46. The maximum Gasteiger partial charge on any atom is 0.200 e. The van der Waals surface area contributed by atoms with Crippen LogP contribution in [0.2, 0.25) is 0 Å². The molecule has 1 unspecified atom stereocenters. The van der Waals surface area contributed by atoms with E-state index in [-0.39, 0.29) is 6.10 Å². The molecule has 0 aromatic heterocycles. The summed E-state index contributed by atoms with van der Waals surface area (Å²) in [5.74, 6) is 0. The molecule has 0 N–H and O–H groups in total. The molecule has 0 aliphatic heterocycles. The number of rotatable bonds is 5. The first-order valence-corrected chi connectivity index (χ1v) is 8.15. The highest BCUT2D eigenvalue weighted by molar-refractivity contribution is 7.58. The zero-order valence-electron chi connectivity index (χ0n) is 9.50. The van der Waals surface area contributed by atoms with Crippen molar-refractivity contribution in [1.82, 2.24) is 0 Å². The number of hydrogen-bond acceptors (Lipinski definition) is 2. The fourth-order valence-corrected chi connectivity index (χ4v) is 3.82. The molecule has 0 heterocycles. The summed E-state index contributed by atoms with van der Waals surface area (Å²) < 4.78 is 17.8. The third kappa shape index (κ3) is 4.61. The maximum absolute atomic E-state index is 12.0. The van der Waals surface area contributed by atoms with E-state index in [9.17, 15) is 4.57 Å². The third-order valence-electron chi connectivity index (χ3n) is 2.84. The Morgan fingerprint density at radius 2 is 1.93 bits per heavy atom. The van der Waals surface area contributed by atoms with Gasteiger partial charge in [0.2, 0.25) is 0 Å². The first-order chi connectivity index (χ1) is 6.64. The van der Waals surface area contributed by atoms with Crippen LogP contribution in [0, 0.1) is 0 Å². The Balaban J connectivity index is 2.29. The van der Waals surface area contributed by atoms with Gasteiger partial charge in [-0.25, -0.2) is 0 Å². The highest BCUT2D eigenvalue weighted by Gasteiger charge is 2.22. The van der Waals surface area contributed by atoms with Gasteiger partial charge in [-0.05, 0) is 19.3 Å². The summed E-state index contributed by atoms with van der Waals surface area (Å²) in [4.78, 5) is 0. The fraction of sp³-hybridized carbons (Fsp3) is 1.00. The van der Waals surface area contributed by atoms with Crippen molar-refractivity contribution in [2.45, 2.75) is 58.0 Å². The van der Waals surface area contributed by atoms with Gasteiger partial charge in [0.15, 0.2) is 7.37 Å². The van der Waals surface area contributed by atoms with Gasteiger partial charge in [0, 0.05) is 12.8 Å². The lowest BCUT2D eigenvalue weighted by Gasteiger charge is -2.25. The van der Waals surface area contributed by atoms with Gasteiger partial charge in [-0.3, -0.25) is 4.57 Å². The van der Waals surface area contributed by atoms with Gasteiger partial charge in [0.25, 0.3) is 0 Å². The monoisotopic (exact) mass is 218 g/mol. The Bertz CT molecular complexity index is 197. The Hall–Kier alpha value is 0.190. The Morgan fingerprint density at radius 1 is 1.29 bits per heavy atom. The van der Waals surface area contributed by atoms with Crippen molar-refractivity contribution in [2.75, 3.05) is 12.8 Å². The third-order valence-corrected chi connectivity index (χ3v) is 4.71. The molecule has 1 aliphatic rings. The lowest BCUT2D eigenvalue weighted by molar-refractivity contribution is 0.159. The Morgan fingerprint density at radius 3 is 2.50 bits per heavy atom. The van der Waals surface area contributed by atoms with Crippen LogP contribution in [0.25, 0.3) is 0 Å². The van der Waals surface area contributed by atoms with Crippen molar-refractivity contribution in [2.24, 2.45) is 0 Å². The van der Waals surface area contributed by atoms with Crippen LogP contribution < -0.4 is 0 Å². The minimum absolute atomic E-state index is 0.288. The molecule has 1 fully saturated rings. The van der Waals surface area contributed by atoms with Crippen molar-refractivity contribution < 1.29 is 9.09 Å². The summed E-state index contributed by atoms with van der Waals surface area (Å²) >= 11 is 0. The highest BCUT2D eigenvalue weighted by atomic mass is 31.2. The van der Waals surface area contributed by atoms with Gasteiger partial charge >= 0.3 is 0 Å². The molecule has 1 aliphatic carbocycles. The summed E-state index contributed by atoms with van der Waals surface area (Å²) in [7, 11) is -2.28. The zero-order chi connectivity index (χ0) is 10.4. The van der Waals surface area contributed by atoms with E-state index >= 15 is 0 Å². The number of hydrogen-bond donors (Lipinski definition) is 0. The van der Waals surface area contributed by atoms with Gasteiger partial charge < -0.3 is 4.52 Å². The molecule has 0 bridgehead atoms. The van der Waals surface area contributed by atoms with Crippen LogP contribution in [0.5, 0.6) is 0 Å². The first kappa shape index (κ1) is 12.3. The molecular formula is C11H23O2P. The molecule has 3 heteroatoms. The molecular weight excluding hydrogens is 195 g/mol. The summed E-state index contributed by atoms with van der Waals surface area (Å²) in [5, 5.41) is 0. The molecule has 0 radical (unpaired) electrons. The second-order valence-corrected chi connectivity index (χ2v) is 7.14. The topological polar surface area (TPSA) is 26.3 Å². The molecule has 84 valence electrons. The smallest absolute Gasteiger partial charge is 0.200 e. The molecule has 14 heavy (non-hydrogen) atoms. The van der Waals surface area contributed by atoms with E-state index < -0.39 is 7.37 Å². The fourth-order valence-electron chi connectivity index (χ4n) is 1.98. The largest absolute Gasteiger partial charge is 0.325 e. The summed E-state index contributed by atoms with van der Waals surface area (Å²) in [5.41, 5.74) is 0. The lowest BCUT2D eigenvalue weighted by Crippen LogP contribution is -2.15. The molecule has 1 rings (SSSR count). The Labute approximate surface area is 87.9 Å². The molecule has 1 saturated carbocycles. The van der Waals surface area contributed by atoms with E-state index in [2.05, 4.69) is 6.92 Å². The predicted octanol–water partition coefficient (Wildman–Crippen LogP) is 4.04. The summed E-state index contributed by atoms with van der Waals surface area (Å²) in [6.45, 7) is 3.93. The number of unbranched alkanes of at least 4 members (excludes halogenated alkanes) is 1. The average molecular weight is 218 g/mol. The van der Waals surface area contributed by atoms with Crippen molar-refractivity contribution in [3.05, 3.63) is 0 Å². The summed E-state index contributed by atoms with van der Waals surface area (Å²) in [6.07, 6.45) is 9.23. The van der Waals surface area contributed by atoms with Crippen LogP contribution in [-0.2, 0) is 9.09 Å². The van der Waals surface area contributed by atoms with Gasteiger partial charge in [-0.2, -0.15) is 0 Å². The SMILES string of the molecule is CCCCP(C)(=O)OC1CCCCC1. The van der Waals surface area contributed by atoms with Crippen molar-refractivity contribution in [1.29, 1.82) is 0 Å². The molecule has 2 nitrogen and oxygen atoms in total. The second-order valence-electron chi connectivity index (χ2n) is 4.46. The predicted molar refractivity (Wildman–Crippen MR) is 61.3 cm³/mol. The molecule has 0 spiro atoms. The molecule has 0 amide bonds. The quantitative estimate of drug-likeness (QED) is 0.651. The molecule has 0 saturated heterocycles. The van der Waals surface area contributed by atoms with E-state index in [1.54, 1.807) is 6.66 Å². The zero-order valence-corrected chi connectivity index (χ0v) is 10.4. The van der Waals surface area contributed by atoms with Crippen LogP contribution in [0.4, 0.5) is 0 Å². The van der Waals surface area contributed by atoms with Crippen LogP contribution in [0.15, 0.2) is 0 Å². The average Bonchev–Trinajstić information content (AvgIpc) is 2.16. The van der Waals surface area contributed by atoms with Crippen LogP contribution in [0.1, 0.15) is 51.9 Å². The van der Waals surface area contributed by atoms with Crippen LogP contribution in [-0.4, -0.2) is 18.9 Å². The van der Waals surface area contributed by atoms with Crippen LogP contribution >= 0.6 is 7.37 Å². The first-order valence-electron chi connectivity index (χ1n) is 5.89. The maximum atomic E-state index is 12.0. The van der Waals surface area contributed by atoms with E-state index in [0.29, 0.717) is 0 Å². The minimum atomic E-state index is -2.28. The van der Waals surface area contributed by atoms with Gasteiger partial charge in [0.1, 0.15) is 0 Å². The molecule has 1 atom stereocenters. The van der Waals surface area contributed by atoms with Crippen LogP contribution in [0.3, 0.4) is 0 Å². The lowest BCUT2D eigenvalue weighted by atomic mass is 9.98. The normalized spacial score (nSPS) is 23.3. The molecule has 0 aromatic carbocycles. The van der Waals surface area contributed by atoms with E-state index in [0.717, 1.165) is 31.8 Å². The second kappa shape index (κ2) is 5.92. The molecule has 0 aromatic rings. The van der Waals surface area contributed by atoms with Gasteiger partial charge in [-0.1, -0.05) is 32.6 Å². The minimum Gasteiger partial charge on any atom is -0.325 e. The van der Waals surface area contributed by atoms with E-state index in [1.807, 2.05) is 0 Å². The van der Waals surface area contributed by atoms with Gasteiger partial charge in [0.05, 0.1) is 6.10 Å². The van der Waals surface area contributed by atoms with E-state index in [4.69, 9.17) is 4.52 Å².